The molecule has 1 N–H and O–H groups in total. The van der Waals surface area contributed by atoms with Crippen molar-refractivity contribution in [2.75, 3.05) is 0 Å². The van der Waals surface area contributed by atoms with Crippen LogP contribution in [0.15, 0.2) is 30.5 Å². The second kappa shape index (κ2) is 6.41. The smallest absolute Gasteiger partial charge is 0.162 e. The Hall–Kier alpha value is -2.36. The summed E-state index contributed by atoms with van der Waals surface area (Å²) < 4.78 is 18.9. The lowest BCUT2D eigenvalue weighted by atomic mass is 10.1. The van der Waals surface area contributed by atoms with Crippen molar-refractivity contribution >= 4 is 10.9 Å². The van der Waals surface area contributed by atoms with Crippen LogP contribution in [-0.2, 0) is 13.0 Å². The van der Waals surface area contributed by atoms with Gasteiger partial charge in [-0.2, -0.15) is 0 Å². The molecule has 0 fully saturated rings. The maximum Gasteiger partial charge on any atom is 0.162 e. The Morgan fingerprint density at radius 2 is 1.91 bits per heavy atom. The Bertz CT molecular complexity index is 821. The molecule has 0 bridgehead atoms. The minimum atomic E-state index is -0.239. The minimum Gasteiger partial charge on any atom is -0.485 e. The van der Waals surface area contributed by atoms with Crippen molar-refractivity contribution in [2.45, 2.75) is 40.2 Å². The lowest BCUT2D eigenvalue weighted by molar-refractivity contribution is 0.308. The minimum absolute atomic E-state index is 0.239. The lowest BCUT2D eigenvalue weighted by Gasteiger charge is -2.10. The zero-order valence-corrected chi connectivity index (χ0v) is 13.7. The van der Waals surface area contributed by atoms with Crippen LogP contribution in [0.1, 0.15) is 35.9 Å². The summed E-state index contributed by atoms with van der Waals surface area (Å²) in [4.78, 5) is 8.01. The largest absolute Gasteiger partial charge is 0.485 e. The Morgan fingerprint density at radius 1 is 1.17 bits per heavy atom. The average molecular weight is 312 g/mol. The Kier molecular flexibility index (Phi) is 4.33. The van der Waals surface area contributed by atoms with Crippen molar-refractivity contribution in [1.29, 1.82) is 0 Å². The highest BCUT2D eigenvalue weighted by Crippen LogP contribution is 2.31. The highest BCUT2D eigenvalue weighted by atomic mass is 19.1. The Labute approximate surface area is 135 Å². The number of fused-ring (bicyclic) bond motifs is 1. The van der Waals surface area contributed by atoms with Gasteiger partial charge in [-0.3, -0.25) is 4.98 Å². The van der Waals surface area contributed by atoms with Gasteiger partial charge < -0.3 is 9.72 Å². The monoisotopic (exact) mass is 312 g/mol. The van der Waals surface area contributed by atoms with Crippen LogP contribution in [0.2, 0.25) is 0 Å². The van der Waals surface area contributed by atoms with Gasteiger partial charge in [0.05, 0.1) is 17.4 Å². The number of aryl methyl sites for hydroxylation is 3. The number of ether oxygens (including phenoxy) is 1. The van der Waals surface area contributed by atoms with E-state index in [0.717, 1.165) is 41.1 Å². The normalized spacial score (nSPS) is 11.1. The number of hydrogen-bond acceptors (Lipinski definition) is 2. The molecule has 0 aliphatic heterocycles. The molecule has 0 aliphatic rings. The molecule has 0 saturated carbocycles. The number of aromatic nitrogens is 2. The molecule has 1 aromatic carbocycles. The number of rotatable bonds is 5. The highest BCUT2D eigenvalue weighted by molar-refractivity contribution is 5.91. The summed E-state index contributed by atoms with van der Waals surface area (Å²) in [5, 5.41) is 1.17. The Morgan fingerprint density at radius 3 is 2.61 bits per heavy atom. The van der Waals surface area contributed by atoms with E-state index in [2.05, 4.69) is 30.7 Å². The molecule has 0 amide bonds. The topological polar surface area (TPSA) is 37.9 Å². The van der Waals surface area contributed by atoms with E-state index in [4.69, 9.17) is 4.74 Å². The first-order chi connectivity index (χ1) is 11.1. The third kappa shape index (κ3) is 3.07. The predicted molar refractivity (Wildman–Crippen MR) is 90.3 cm³/mol. The average Bonchev–Trinajstić information content (AvgIpc) is 2.84. The molecule has 3 aromatic rings. The molecule has 23 heavy (non-hydrogen) atoms. The maximum absolute atomic E-state index is 13.0. The fourth-order valence-corrected chi connectivity index (χ4v) is 2.81. The highest BCUT2D eigenvalue weighted by Gasteiger charge is 2.14. The van der Waals surface area contributed by atoms with Gasteiger partial charge in [0.25, 0.3) is 0 Å². The maximum atomic E-state index is 13.0. The van der Waals surface area contributed by atoms with E-state index in [9.17, 15) is 4.39 Å². The van der Waals surface area contributed by atoms with E-state index in [1.54, 1.807) is 18.3 Å². The van der Waals surface area contributed by atoms with Gasteiger partial charge in [0.15, 0.2) is 5.75 Å². The van der Waals surface area contributed by atoms with Crippen LogP contribution in [0, 0.1) is 19.7 Å². The Balaban J connectivity index is 1.93. The molecule has 4 heteroatoms. The molecule has 3 rings (SSSR count). The second-order valence-electron chi connectivity index (χ2n) is 5.86. The zero-order valence-electron chi connectivity index (χ0n) is 13.7. The summed E-state index contributed by atoms with van der Waals surface area (Å²) >= 11 is 0. The van der Waals surface area contributed by atoms with Crippen molar-refractivity contribution < 1.29 is 9.13 Å². The third-order valence-corrected chi connectivity index (χ3v) is 4.17. The van der Waals surface area contributed by atoms with E-state index in [-0.39, 0.29) is 5.82 Å². The van der Waals surface area contributed by atoms with E-state index in [1.807, 2.05) is 0 Å². The van der Waals surface area contributed by atoms with E-state index in [1.165, 1.54) is 23.1 Å². The number of benzene rings is 1. The predicted octanol–water partition coefficient (Wildman–Crippen LogP) is 4.85. The third-order valence-electron chi connectivity index (χ3n) is 4.17. The van der Waals surface area contributed by atoms with Gasteiger partial charge in [-0.15, -0.1) is 0 Å². The van der Waals surface area contributed by atoms with Gasteiger partial charge in [0.1, 0.15) is 12.4 Å². The first-order valence-corrected chi connectivity index (χ1v) is 7.94. The standard InChI is InChI=1S/C19H21FN2O/c1-4-5-16-18-12(2)13(3)22-19(18)17(10-21-16)23-11-14-6-8-15(20)9-7-14/h6-10,22H,4-5,11H2,1-3H3. The number of pyridine rings is 1. The summed E-state index contributed by atoms with van der Waals surface area (Å²) in [6.07, 6.45) is 3.79. The molecule has 3 nitrogen and oxygen atoms in total. The van der Waals surface area contributed by atoms with Crippen molar-refractivity contribution in [3.63, 3.8) is 0 Å². The van der Waals surface area contributed by atoms with Crippen LogP contribution >= 0.6 is 0 Å². The van der Waals surface area contributed by atoms with E-state index >= 15 is 0 Å². The van der Waals surface area contributed by atoms with Gasteiger partial charge in [-0.05, 0) is 43.5 Å². The summed E-state index contributed by atoms with van der Waals surface area (Å²) in [7, 11) is 0. The van der Waals surface area contributed by atoms with Gasteiger partial charge in [0, 0.05) is 11.1 Å². The number of H-pyrrole nitrogens is 1. The molecule has 2 heterocycles. The van der Waals surface area contributed by atoms with Crippen molar-refractivity contribution in [3.05, 3.63) is 58.8 Å². The van der Waals surface area contributed by atoms with Gasteiger partial charge in [-0.1, -0.05) is 25.5 Å². The summed E-state index contributed by atoms with van der Waals surface area (Å²) in [6.45, 7) is 6.72. The molecular formula is C19H21FN2O. The lowest BCUT2D eigenvalue weighted by Crippen LogP contribution is -1.99. The number of nitrogens with zero attached hydrogens (tertiary/aromatic N) is 1. The quantitative estimate of drug-likeness (QED) is 0.731. The first-order valence-electron chi connectivity index (χ1n) is 7.94. The molecule has 0 spiro atoms. The number of nitrogens with one attached hydrogen (secondary N) is 1. The second-order valence-corrected chi connectivity index (χ2v) is 5.86. The van der Waals surface area contributed by atoms with E-state index < -0.39 is 0 Å². The van der Waals surface area contributed by atoms with Crippen LogP contribution < -0.4 is 4.74 Å². The first kappa shape index (κ1) is 15.5. The summed E-state index contributed by atoms with van der Waals surface area (Å²) in [5.74, 6) is 0.498. The molecule has 0 aliphatic carbocycles. The van der Waals surface area contributed by atoms with Gasteiger partial charge in [-0.25, -0.2) is 4.39 Å². The molecular weight excluding hydrogens is 291 g/mol. The van der Waals surface area contributed by atoms with Crippen LogP contribution in [0.4, 0.5) is 4.39 Å². The summed E-state index contributed by atoms with van der Waals surface area (Å²) in [6, 6.07) is 6.35. The zero-order chi connectivity index (χ0) is 16.4. The van der Waals surface area contributed by atoms with Crippen LogP contribution in [0.3, 0.4) is 0 Å². The molecule has 2 aromatic heterocycles. The molecule has 120 valence electrons. The van der Waals surface area contributed by atoms with Gasteiger partial charge >= 0.3 is 0 Å². The van der Waals surface area contributed by atoms with Gasteiger partial charge in [0.2, 0.25) is 0 Å². The molecule has 0 radical (unpaired) electrons. The SMILES string of the molecule is CCCc1ncc(OCc2ccc(F)cc2)c2[nH]c(C)c(C)c12. The molecule has 0 unspecified atom stereocenters. The number of aromatic amines is 1. The van der Waals surface area contributed by atoms with Crippen molar-refractivity contribution in [1.82, 2.24) is 9.97 Å². The van der Waals surface area contributed by atoms with Crippen molar-refractivity contribution in [3.8, 4) is 5.75 Å². The fourth-order valence-electron chi connectivity index (χ4n) is 2.81. The number of hydrogen-bond donors (Lipinski definition) is 1. The fraction of sp³-hybridized carbons (Fsp3) is 0.316. The van der Waals surface area contributed by atoms with Crippen molar-refractivity contribution in [2.24, 2.45) is 0 Å². The summed E-state index contributed by atoms with van der Waals surface area (Å²) in [5.41, 5.74) is 5.40. The molecule has 0 saturated heterocycles. The van der Waals surface area contributed by atoms with Crippen LogP contribution in [0.5, 0.6) is 5.75 Å². The molecule has 0 atom stereocenters. The van der Waals surface area contributed by atoms with Crippen LogP contribution in [0.25, 0.3) is 10.9 Å². The van der Waals surface area contributed by atoms with Crippen LogP contribution in [-0.4, -0.2) is 9.97 Å². The number of halogens is 1. The van der Waals surface area contributed by atoms with E-state index in [0.29, 0.717) is 6.61 Å².